The molecule has 1 heterocycles. The van der Waals surface area contributed by atoms with Crippen molar-refractivity contribution in [3.8, 4) is 17.2 Å². The second-order valence-corrected chi connectivity index (χ2v) is 9.09. The topological polar surface area (TPSA) is 94.2 Å². The van der Waals surface area contributed by atoms with E-state index in [2.05, 4.69) is 5.32 Å². The summed E-state index contributed by atoms with van der Waals surface area (Å²) in [5.74, 6) is 1.22. The molecular formula is C20H23ClN2O6S. The number of rotatable bonds is 7. The van der Waals surface area contributed by atoms with Crippen molar-refractivity contribution < 1.29 is 27.4 Å². The first kappa shape index (κ1) is 22.0. The number of nitrogens with zero attached hydrogens (tertiary/aromatic N) is 1. The third kappa shape index (κ3) is 5.09. The van der Waals surface area contributed by atoms with Gasteiger partial charge < -0.3 is 19.5 Å². The molecular weight excluding hydrogens is 432 g/mol. The van der Waals surface area contributed by atoms with Crippen LogP contribution in [0.5, 0.6) is 17.2 Å². The van der Waals surface area contributed by atoms with Crippen molar-refractivity contribution >= 4 is 33.2 Å². The molecule has 0 spiro atoms. The van der Waals surface area contributed by atoms with Gasteiger partial charge in [0.15, 0.2) is 11.5 Å². The van der Waals surface area contributed by atoms with Crippen molar-refractivity contribution in [2.75, 3.05) is 37.4 Å². The van der Waals surface area contributed by atoms with Gasteiger partial charge in [-0.1, -0.05) is 17.7 Å². The van der Waals surface area contributed by atoms with Crippen LogP contribution in [-0.4, -0.2) is 47.4 Å². The maximum atomic E-state index is 12.6. The van der Waals surface area contributed by atoms with Crippen LogP contribution in [0.1, 0.15) is 18.5 Å². The number of benzene rings is 2. The lowest BCUT2D eigenvalue weighted by atomic mass is 10.1. The first-order chi connectivity index (χ1) is 14.2. The number of hydrogen-bond acceptors (Lipinski definition) is 6. The number of nitrogens with one attached hydrogen (secondary N) is 1. The van der Waals surface area contributed by atoms with E-state index >= 15 is 0 Å². The molecule has 8 nitrogen and oxygen atoms in total. The van der Waals surface area contributed by atoms with Gasteiger partial charge in [-0.05, 0) is 42.8 Å². The monoisotopic (exact) mass is 454 g/mol. The number of carbonyl (C=O) groups excluding carboxylic acids is 1. The average molecular weight is 455 g/mol. The Bertz CT molecular complexity index is 1040. The second kappa shape index (κ2) is 9.01. The Morgan fingerprint density at radius 1 is 1.20 bits per heavy atom. The first-order valence-corrected chi connectivity index (χ1v) is 11.4. The second-order valence-electron chi connectivity index (χ2n) is 6.78. The molecule has 0 saturated heterocycles. The summed E-state index contributed by atoms with van der Waals surface area (Å²) >= 11 is 6.11. The Morgan fingerprint density at radius 3 is 2.53 bits per heavy atom. The quantitative estimate of drug-likeness (QED) is 0.691. The van der Waals surface area contributed by atoms with Gasteiger partial charge in [-0.2, -0.15) is 0 Å². The van der Waals surface area contributed by atoms with Crippen LogP contribution in [0.2, 0.25) is 5.02 Å². The zero-order valence-corrected chi connectivity index (χ0v) is 18.4. The highest BCUT2D eigenvalue weighted by molar-refractivity contribution is 7.92. The van der Waals surface area contributed by atoms with Gasteiger partial charge in [-0.3, -0.25) is 9.10 Å². The molecule has 1 unspecified atom stereocenters. The summed E-state index contributed by atoms with van der Waals surface area (Å²) in [5.41, 5.74) is 1.08. The third-order valence-corrected chi connectivity index (χ3v) is 5.99. The molecule has 10 heteroatoms. The SMILES string of the molecule is COc1ccc(N(CC(=O)NC(C)c2ccc3c(c2)OCCO3)S(C)(=O)=O)cc1Cl. The molecule has 1 atom stereocenters. The molecule has 0 saturated carbocycles. The maximum Gasteiger partial charge on any atom is 0.241 e. The maximum absolute atomic E-state index is 12.6. The van der Waals surface area contributed by atoms with Gasteiger partial charge in [0, 0.05) is 0 Å². The van der Waals surface area contributed by atoms with Crippen LogP contribution in [0.15, 0.2) is 36.4 Å². The number of amides is 1. The smallest absolute Gasteiger partial charge is 0.241 e. The third-order valence-electron chi connectivity index (χ3n) is 4.55. The molecule has 1 aliphatic rings. The van der Waals surface area contributed by atoms with Gasteiger partial charge in [-0.25, -0.2) is 8.42 Å². The average Bonchev–Trinajstić information content (AvgIpc) is 2.70. The fourth-order valence-electron chi connectivity index (χ4n) is 3.04. The zero-order chi connectivity index (χ0) is 21.9. The number of sulfonamides is 1. The molecule has 0 radical (unpaired) electrons. The van der Waals surface area contributed by atoms with Gasteiger partial charge in [0.1, 0.15) is 25.5 Å². The van der Waals surface area contributed by atoms with Crippen molar-refractivity contribution in [2.24, 2.45) is 0 Å². The van der Waals surface area contributed by atoms with Gasteiger partial charge in [-0.15, -0.1) is 0 Å². The van der Waals surface area contributed by atoms with Gasteiger partial charge in [0.2, 0.25) is 15.9 Å². The van der Waals surface area contributed by atoms with Crippen molar-refractivity contribution in [1.82, 2.24) is 5.32 Å². The number of methoxy groups -OCH3 is 1. The zero-order valence-electron chi connectivity index (χ0n) is 16.8. The Balaban J connectivity index is 1.74. The highest BCUT2D eigenvalue weighted by Gasteiger charge is 2.23. The number of anilines is 1. The van der Waals surface area contributed by atoms with Crippen molar-refractivity contribution in [3.05, 3.63) is 47.0 Å². The summed E-state index contributed by atoms with van der Waals surface area (Å²) in [5, 5.41) is 3.06. The van der Waals surface area contributed by atoms with Crippen molar-refractivity contribution in [3.63, 3.8) is 0 Å². The van der Waals surface area contributed by atoms with E-state index < -0.39 is 22.5 Å². The molecule has 162 valence electrons. The lowest BCUT2D eigenvalue weighted by molar-refractivity contribution is -0.120. The van der Waals surface area contributed by atoms with E-state index in [1.807, 2.05) is 6.07 Å². The standard InChI is InChI=1S/C20H23ClN2O6S/c1-13(14-4-6-18-19(10-14)29-9-8-28-18)22-20(24)12-23(30(3,25)26)15-5-7-17(27-2)16(21)11-15/h4-7,10-11,13H,8-9,12H2,1-3H3,(H,22,24). The molecule has 1 aliphatic heterocycles. The summed E-state index contributed by atoms with van der Waals surface area (Å²) in [6.45, 7) is 2.37. The Labute approximate surface area is 180 Å². The minimum atomic E-state index is -3.73. The predicted octanol–water partition coefficient (Wildman–Crippen LogP) is 2.76. The summed E-state index contributed by atoms with van der Waals surface area (Å²) in [6, 6.07) is 9.57. The van der Waals surface area contributed by atoms with Gasteiger partial charge in [0.05, 0.1) is 30.1 Å². The molecule has 0 fully saturated rings. The van der Waals surface area contributed by atoms with Gasteiger partial charge >= 0.3 is 0 Å². The van der Waals surface area contributed by atoms with E-state index in [0.29, 0.717) is 30.5 Å². The highest BCUT2D eigenvalue weighted by atomic mass is 35.5. The number of carbonyl (C=O) groups is 1. The molecule has 3 rings (SSSR count). The van der Waals surface area contributed by atoms with Crippen LogP contribution >= 0.6 is 11.6 Å². The van der Waals surface area contributed by atoms with E-state index in [1.165, 1.54) is 19.2 Å². The minimum absolute atomic E-state index is 0.244. The largest absolute Gasteiger partial charge is 0.495 e. The minimum Gasteiger partial charge on any atom is -0.495 e. The van der Waals surface area contributed by atoms with E-state index in [0.717, 1.165) is 16.1 Å². The van der Waals surface area contributed by atoms with E-state index in [1.54, 1.807) is 25.1 Å². The van der Waals surface area contributed by atoms with Crippen molar-refractivity contribution in [2.45, 2.75) is 13.0 Å². The van der Waals surface area contributed by atoms with E-state index in [-0.39, 0.29) is 16.8 Å². The molecule has 30 heavy (non-hydrogen) atoms. The fraction of sp³-hybridized carbons (Fsp3) is 0.350. The molecule has 0 aliphatic carbocycles. The number of ether oxygens (including phenoxy) is 3. The molecule has 0 bridgehead atoms. The number of halogens is 1. The van der Waals surface area contributed by atoms with Gasteiger partial charge in [0.25, 0.3) is 0 Å². The van der Waals surface area contributed by atoms with Crippen molar-refractivity contribution in [1.29, 1.82) is 0 Å². The summed E-state index contributed by atoms with van der Waals surface area (Å²) in [7, 11) is -2.27. The van der Waals surface area contributed by atoms with Crippen LogP contribution in [0.4, 0.5) is 5.69 Å². The first-order valence-electron chi connectivity index (χ1n) is 9.19. The lowest BCUT2D eigenvalue weighted by Crippen LogP contribution is -2.41. The van der Waals surface area contributed by atoms with E-state index in [9.17, 15) is 13.2 Å². The molecule has 2 aromatic carbocycles. The summed E-state index contributed by atoms with van der Waals surface area (Å²) in [4.78, 5) is 12.6. The van der Waals surface area contributed by atoms with Crippen LogP contribution in [-0.2, 0) is 14.8 Å². The normalized spacial score (nSPS) is 14.0. The molecule has 1 amide bonds. The fourth-order valence-corrected chi connectivity index (χ4v) is 4.14. The number of hydrogen-bond donors (Lipinski definition) is 1. The predicted molar refractivity (Wildman–Crippen MR) is 114 cm³/mol. The lowest BCUT2D eigenvalue weighted by Gasteiger charge is -2.24. The number of fused-ring (bicyclic) bond motifs is 1. The van der Waals surface area contributed by atoms with Crippen LogP contribution in [0.25, 0.3) is 0 Å². The summed E-state index contributed by atoms with van der Waals surface area (Å²) < 4.78 is 41.7. The highest BCUT2D eigenvalue weighted by Crippen LogP contribution is 2.33. The molecule has 0 aromatic heterocycles. The van der Waals surface area contributed by atoms with Crippen LogP contribution < -0.4 is 23.8 Å². The Hall–Kier alpha value is -2.65. The van der Waals surface area contributed by atoms with Crippen LogP contribution in [0.3, 0.4) is 0 Å². The van der Waals surface area contributed by atoms with Crippen LogP contribution in [0, 0.1) is 0 Å². The molecule has 1 N–H and O–H groups in total. The van der Waals surface area contributed by atoms with E-state index in [4.69, 9.17) is 25.8 Å². The summed E-state index contributed by atoms with van der Waals surface area (Å²) in [6.07, 6.45) is 1.03. The Morgan fingerprint density at radius 2 is 1.90 bits per heavy atom. The Kier molecular flexibility index (Phi) is 6.62. The molecule has 2 aromatic rings.